The fourth-order valence-corrected chi connectivity index (χ4v) is 1.19. The molecule has 2 heteroatoms. The highest BCUT2D eigenvalue weighted by Crippen LogP contribution is 2.17. The van der Waals surface area contributed by atoms with Crippen LogP contribution in [0.25, 0.3) is 0 Å². The van der Waals surface area contributed by atoms with E-state index in [0.29, 0.717) is 0 Å². The van der Waals surface area contributed by atoms with Crippen LogP contribution in [0.2, 0.25) is 0 Å². The zero-order chi connectivity index (χ0) is 9.68. The number of hydrogen-bond donors (Lipinski definition) is 0. The van der Waals surface area contributed by atoms with Crippen molar-refractivity contribution in [2.75, 3.05) is 27.7 Å². The Labute approximate surface area is 80.1 Å². The van der Waals surface area contributed by atoms with Crippen LogP contribution in [-0.4, -0.2) is 32.6 Å². The maximum Gasteiger partial charge on any atom is 0.122 e. The van der Waals surface area contributed by atoms with Crippen molar-refractivity contribution in [1.29, 1.82) is 0 Å². The third-order valence-corrected chi connectivity index (χ3v) is 1.96. The molecule has 0 fully saturated rings. The zero-order valence-corrected chi connectivity index (χ0v) is 8.50. The third-order valence-electron chi connectivity index (χ3n) is 1.96. The van der Waals surface area contributed by atoms with Crippen LogP contribution in [0.5, 0.6) is 5.75 Å². The number of rotatable bonds is 4. The van der Waals surface area contributed by atoms with Crippen molar-refractivity contribution >= 4 is 0 Å². The first kappa shape index (κ1) is 10.1. The molecule has 0 spiro atoms. The van der Waals surface area contributed by atoms with E-state index in [1.807, 2.05) is 12.1 Å². The fraction of sp³-hybridized carbons (Fsp3) is 0.455. The van der Waals surface area contributed by atoms with E-state index in [2.05, 4.69) is 31.1 Å². The van der Waals surface area contributed by atoms with Crippen LogP contribution in [0.4, 0.5) is 0 Å². The van der Waals surface area contributed by atoms with Gasteiger partial charge in [-0.2, -0.15) is 0 Å². The lowest BCUT2D eigenvalue weighted by Gasteiger charge is -2.11. The van der Waals surface area contributed by atoms with Crippen molar-refractivity contribution in [1.82, 2.24) is 4.90 Å². The van der Waals surface area contributed by atoms with Gasteiger partial charge in [0.05, 0.1) is 7.11 Å². The molecule has 0 aliphatic rings. The predicted molar refractivity (Wildman–Crippen MR) is 54.1 cm³/mol. The average Bonchev–Trinajstić information content (AvgIpc) is 2.15. The van der Waals surface area contributed by atoms with E-state index in [4.69, 9.17) is 4.74 Å². The summed E-state index contributed by atoms with van der Waals surface area (Å²) in [5.41, 5.74) is 1.25. The normalized spacial score (nSPS) is 10.5. The first-order chi connectivity index (χ1) is 6.24. The van der Waals surface area contributed by atoms with Crippen molar-refractivity contribution in [2.24, 2.45) is 0 Å². The first-order valence-corrected chi connectivity index (χ1v) is 4.41. The molecule has 0 amide bonds. The summed E-state index contributed by atoms with van der Waals surface area (Å²) in [5.74, 6) is 0.935. The van der Waals surface area contributed by atoms with Gasteiger partial charge in [0, 0.05) is 6.54 Å². The molecule has 0 N–H and O–H groups in total. The van der Waals surface area contributed by atoms with Gasteiger partial charge in [-0.05, 0) is 38.2 Å². The molecule has 0 atom stereocenters. The molecule has 13 heavy (non-hydrogen) atoms. The SMILES string of the molecule is COc1c[c]ccc1CCN(C)C. The van der Waals surface area contributed by atoms with E-state index in [9.17, 15) is 0 Å². The monoisotopic (exact) mass is 178 g/mol. The van der Waals surface area contributed by atoms with E-state index in [1.165, 1.54) is 5.56 Å². The van der Waals surface area contributed by atoms with Gasteiger partial charge >= 0.3 is 0 Å². The number of methoxy groups -OCH3 is 1. The van der Waals surface area contributed by atoms with Gasteiger partial charge in [0.15, 0.2) is 0 Å². The summed E-state index contributed by atoms with van der Waals surface area (Å²) >= 11 is 0. The average molecular weight is 178 g/mol. The summed E-state index contributed by atoms with van der Waals surface area (Å²) in [6.45, 7) is 1.04. The van der Waals surface area contributed by atoms with E-state index in [-0.39, 0.29) is 0 Å². The summed E-state index contributed by atoms with van der Waals surface area (Å²) in [4.78, 5) is 2.16. The molecule has 71 valence electrons. The second-order valence-electron chi connectivity index (χ2n) is 3.29. The molecule has 1 rings (SSSR count). The van der Waals surface area contributed by atoms with Gasteiger partial charge < -0.3 is 9.64 Å². The van der Waals surface area contributed by atoms with Gasteiger partial charge in [-0.1, -0.05) is 12.1 Å². The highest BCUT2D eigenvalue weighted by molar-refractivity contribution is 5.32. The maximum absolute atomic E-state index is 5.23. The van der Waals surface area contributed by atoms with Gasteiger partial charge in [-0.25, -0.2) is 0 Å². The van der Waals surface area contributed by atoms with E-state index < -0.39 is 0 Å². The lowest BCUT2D eigenvalue weighted by atomic mass is 10.1. The molecule has 2 nitrogen and oxygen atoms in total. The largest absolute Gasteiger partial charge is 0.496 e. The Hall–Kier alpha value is -1.02. The number of likely N-dealkylation sites (N-methyl/N-ethyl adjacent to an activating group) is 1. The Morgan fingerprint density at radius 1 is 1.46 bits per heavy atom. The van der Waals surface area contributed by atoms with Crippen molar-refractivity contribution in [3.05, 3.63) is 29.8 Å². The second-order valence-corrected chi connectivity index (χ2v) is 3.29. The van der Waals surface area contributed by atoms with Gasteiger partial charge in [-0.3, -0.25) is 0 Å². The van der Waals surface area contributed by atoms with E-state index in [0.717, 1.165) is 18.7 Å². The van der Waals surface area contributed by atoms with E-state index in [1.54, 1.807) is 7.11 Å². The van der Waals surface area contributed by atoms with Crippen LogP contribution in [0.15, 0.2) is 18.2 Å². The second kappa shape index (κ2) is 4.87. The topological polar surface area (TPSA) is 12.5 Å². The van der Waals surface area contributed by atoms with Gasteiger partial charge in [0.1, 0.15) is 5.75 Å². The van der Waals surface area contributed by atoms with Crippen LogP contribution in [-0.2, 0) is 6.42 Å². The Balaban J connectivity index is 2.64. The Bertz CT molecular complexity index is 258. The molecule has 1 aromatic carbocycles. The molecule has 0 aliphatic carbocycles. The van der Waals surface area contributed by atoms with Gasteiger partial charge in [0.2, 0.25) is 0 Å². The van der Waals surface area contributed by atoms with Gasteiger partial charge in [-0.15, -0.1) is 0 Å². The van der Waals surface area contributed by atoms with Crippen molar-refractivity contribution < 1.29 is 4.74 Å². The minimum Gasteiger partial charge on any atom is -0.496 e. The summed E-state index contributed by atoms with van der Waals surface area (Å²) in [7, 11) is 5.84. The van der Waals surface area contributed by atoms with Crippen molar-refractivity contribution in [3.8, 4) is 5.75 Å². The molecule has 1 radical (unpaired) electrons. The Morgan fingerprint density at radius 2 is 2.23 bits per heavy atom. The molecule has 0 unspecified atom stereocenters. The standard InChI is InChI=1S/C11H16NO/c1-12(2)9-8-10-6-4-5-7-11(10)13-3/h4,6-7H,8-9H2,1-3H3. The lowest BCUT2D eigenvalue weighted by molar-refractivity contribution is 0.392. The predicted octanol–water partition coefficient (Wildman–Crippen LogP) is 1.60. The van der Waals surface area contributed by atoms with Crippen molar-refractivity contribution in [2.45, 2.75) is 6.42 Å². The molecule has 0 heterocycles. The maximum atomic E-state index is 5.23. The quantitative estimate of drug-likeness (QED) is 0.694. The number of benzene rings is 1. The van der Waals surface area contributed by atoms with Crippen LogP contribution < -0.4 is 4.74 Å². The van der Waals surface area contributed by atoms with Crippen LogP contribution in [0.3, 0.4) is 0 Å². The summed E-state index contributed by atoms with van der Waals surface area (Å²) in [5, 5.41) is 0. The van der Waals surface area contributed by atoms with Crippen LogP contribution >= 0.6 is 0 Å². The first-order valence-electron chi connectivity index (χ1n) is 4.41. The minimum atomic E-state index is 0.935. The number of hydrogen-bond acceptors (Lipinski definition) is 2. The molecule has 0 bridgehead atoms. The molecule has 1 aromatic rings. The fourth-order valence-electron chi connectivity index (χ4n) is 1.19. The summed E-state index contributed by atoms with van der Waals surface area (Å²) in [6, 6.07) is 8.86. The molecule has 0 aromatic heterocycles. The van der Waals surface area contributed by atoms with Gasteiger partial charge in [0.25, 0.3) is 0 Å². The molecule has 0 saturated carbocycles. The van der Waals surface area contributed by atoms with Crippen LogP contribution in [0.1, 0.15) is 5.56 Å². The smallest absolute Gasteiger partial charge is 0.122 e. The Kier molecular flexibility index (Phi) is 3.77. The molecular formula is C11H16NO. The number of nitrogens with zero attached hydrogens (tertiary/aromatic N) is 1. The molecular weight excluding hydrogens is 162 g/mol. The lowest BCUT2D eigenvalue weighted by Crippen LogP contribution is -2.15. The van der Waals surface area contributed by atoms with Crippen LogP contribution in [0, 0.1) is 6.07 Å². The Morgan fingerprint density at radius 3 is 2.85 bits per heavy atom. The highest BCUT2D eigenvalue weighted by atomic mass is 16.5. The zero-order valence-electron chi connectivity index (χ0n) is 8.50. The molecule has 0 aliphatic heterocycles. The molecule has 0 saturated heterocycles. The van der Waals surface area contributed by atoms with E-state index >= 15 is 0 Å². The third kappa shape index (κ3) is 3.07. The minimum absolute atomic E-state index is 0.935. The summed E-state index contributed by atoms with van der Waals surface area (Å²) in [6.07, 6.45) is 1.02. The number of ether oxygens (including phenoxy) is 1. The summed E-state index contributed by atoms with van der Waals surface area (Å²) < 4.78 is 5.23. The highest BCUT2D eigenvalue weighted by Gasteiger charge is 2.01. The van der Waals surface area contributed by atoms with Crippen molar-refractivity contribution in [3.63, 3.8) is 0 Å².